The smallest absolute Gasteiger partial charge is 0.462 e. The van der Waals surface area contributed by atoms with Crippen molar-refractivity contribution < 1.29 is 37.6 Å². The van der Waals surface area contributed by atoms with Crippen LogP contribution in [0.15, 0.2) is 12.2 Å². The molecule has 0 aliphatic heterocycles. The third kappa shape index (κ3) is 43.7. The lowest BCUT2D eigenvalue weighted by molar-refractivity contribution is -0.161. The molecular formula is C47H89NO8P+. The Hall–Kier alpha value is -1.72. The Balaban J connectivity index is 4.21. The minimum Gasteiger partial charge on any atom is -0.462 e. The molecule has 0 amide bonds. The van der Waals surface area contributed by atoms with Crippen LogP contribution in [0.1, 0.15) is 239 Å². The van der Waals surface area contributed by atoms with Gasteiger partial charge in [-0.05, 0) is 38.5 Å². The zero-order valence-corrected chi connectivity index (χ0v) is 38.2. The fourth-order valence-corrected chi connectivity index (χ4v) is 7.58. The molecule has 0 aromatic carbocycles. The summed E-state index contributed by atoms with van der Waals surface area (Å²) in [5.74, 6) is -0.824. The molecule has 0 heterocycles. The molecule has 0 spiro atoms. The van der Waals surface area contributed by atoms with Crippen LogP contribution in [-0.4, -0.2) is 49.3 Å². The van der Waals surface area contributed by atoms with Gasteiger partial charge < -0.3 is 14.4 Å². The van der Waals surface area contributed by atoms with E-state index in [1.165, 1.54) is 148 Å². The van der Waals surface area contributed by atoms with Crippen LogP contribution < -0.4 is 0 Å². The molecule has 2 unspecified atom stereocenters. The Morgan fingerprint density at radius 3 is 1.37 bits per heavy atom. The molecule has 0 aliphatic rings. The van der Waals surface area contributed by atoms with Crippen molar-refractivity contribution in [2.45, 2.75) is 245 Å². The van der Waals surface area contributed by atoms with E-state index in [4.69, 9.17) is 18.5 Å². The Labute approximate surface area is 351 Å². The van der Waals surface area contributed by atoms with Crippen LogP contribution in [0.5, 0.6) is 0 Å². The summed E-state index contributed by atoms with van der Waals surface area (Å²) < 4.78 is 33.3. The zero-order valence-electron chi connectivity index (χ0n) is 37.3. The van der Waals surface area contributed by atoms with Crippen LogP contribution in [0.25, 0.3) is 4.85 Å². The summed E-state index contributed by atoms with van der Waals surface area (Å²) in [6.07, 6.45) is 43.8. The molecule has 0 bridgehead atoms. The molecule has 0 radical (unpaired) electrons. The maximum absolute atomic E-state index is 12.7. The zero-order chi connectivity index (χ0) is 41.8. The molecule has 0 rings (SSSR count). The normalized spacial score (nSPS) is 13.0. The minimum absolute atomic E-state index is 0.122. The van der Waals surface area contributed by atoms with Gasteiger partial charge >= 0.3 is 19.8 Å². The first-order valence-electron chi connectivity index (χ1n) is 23.8. The molecule has 0 saturated heterocycles. The van der Waals surface area contributed by atoms with E-state index in [-0.39, 0.29) is 38.6 Å². The van der Waals surface area contributed by atoms with Crippen LogP contribution >= 0.6 is 7.82 Å². The van der Waals surface area contributed by atoms with Crippen molar-refractivity contribution in [1.82, 2.24) is 0 Å². The van der Waals surface area contributed by atoms with E-state index in [0.717, 1.165) is 51.4 Å². The number of hydrogen-bond donors (Lipinski definition) is 1. The van der Waals surface area contributed by atoms with Crippen LogP contribution in [-0.2, 0) is 32.7 Å². The van der Waals surface area contributed by atoms with Gasteiger partial charge in [0.25, 0.3) is 12.6 Å². The summed E-state index contributed by atoms with van der Waals surface area (Å²) in [5.41, 5.74) is 0. The lowest BCUT2D eigenvalue weighted by Crippen LogP contribution is -2.29. The summed E-state index contributed by atoms with van der Waals surface area (Å²) in [4.78, 5) is 39.0. The number of hydrogen-bond acceptors (Lipinski definition) is 7. The number of phosphoric acid groups is 1. The molecule has 334 valence electrons. The Morgan fingerprint density at radius 1 is 0.561 bits per heavy atom. The van der Waals surface area contributed by atoms with Crippen molar-refractivity contribution in [3.63, 3.8) is 0 Å². The number of carbonyl (C=O) groups is 2. The summed E-state index contributed by atoms with van der Waals surface area (Å²) >= 11 is 0. The fraction of sp³-hybridized carbons (Fsp3) is 0.894. The maximum atomic E-state index is 12.7. The number of phosphoric ester groups is 1. The van der Waals surface area contributed by atoms with Gasteiger partial charge in [0.1, 0.15) is 13.2 Å². The third-order valence-corrected chi connectivity index (χ3v) is 11.4. The van der Waals surface area contributed by atoms with E-state index >= 15 is 0 Å². The Bertz CT molecular complexity index is 1040. The molecule has 57 heavy (non-hydrogen) atoms. The highest BCUT2D eigenvalue weighted by Crippen LogP contribution is 2.43. The van der Waals surface area contributed by atoms with Gasteiger partial charge in [-0.3, -0.25) is 18.6 Å². The second-order valence-corrected chi connectivity index (χ2v) is 17.4. The lowest BCUT2D eigenvalue weighted by Gasteiger charge is -2.19. The van der Waals surface area contributed by atoms with E-state index in [1.807, 2.05) is 0 Å². The van der Waals surface area contributed by atoms with Crippen LogP contribution in [0.2, 0.25) is 0 Å². The van der Waals surface area contributed by atoms with Crippen LogP contribution in [0, 0.1) is 6.07 Å². The van der Waals surface area contributed by atoms with Crippen LogP contribution in [0.3, 0.4) is 0 Å². The molecular weight excluding hydrogens is 737 g/mol. The number of allylic oxidation sites excluding steroid dienone is 2. The average molecular weight is 827 g/mol. The van der Waals surface area contributed by atoms with Gasteiger partial charge in [0, 0.05) is 12.8 Å². The summed E-state index contributed by atoms with van der Waals surface area (Å²) in [7, 11) is -4.41. The highest BCUT2D eigenvalue weighted by Gasteiger charge is 2.26. The molecule has 0 aliphatic carbocycles. The second kappa shape index (κ2) is 43.8. The van der Waals surface area contributed by atoms with E-state index in [0.29, 0.717) is 6.42 Å². The first-order valence-corrected chi connectivity index (χ1v) is 25.3. The predicted molar refractivity (Wildman–Crippen MR) is 238 cm³/mol. The number of carbonyl (C=O) groups excluding carboxylic acids is 2. The second-order valence-electron chi connectivity index (χ2n) is 15.9. The van der Waals surface area contributed by atoms with Gasteiger partial charge in [-0.2, -0.15) is 0 Å². The maximum Gasteiger partial charge on any atom is 0.472 e. The van der Waals surface area contributed by atoms with Crippen molar-refractivity contribution >= 4 is 19.8 Å². The van der Waals surface area contributed by atoms with Gasteiger partial charge in [0.05, 0.1) is 13.5 Å². The summed E-state index contributed by atoms with van der Waals surface area (Å²) in [6, 6.07) is 2.57. The number of rotatable bonds is 44. The predicted octanol–water partition coefficient (Wildman–Crippen LogP) is 14.8. The number of unbranched alkanes of at least 4 members (excludes halogenated alkanes) is 29. The van der Waals surface area contributed by atoms with E-state index < -0.39 is 26.5 Å². The first kappa shape index (κ1) is 55.3. The van der Waals surface area contributed by atoms with Crippen molar-refractivity contribution in [2.24, 2.45) is 0 Å². The van der Waals surface area contributed by atoms with E-state index in [2.05, 4.69) is 36.9 Å². The number of esters is 2. The molecule has 9 nitrogen and oxygen atoms in total. The van der Waals surface area contributed by atoms with Gasteiger partial charge in [0.2, 0.25) is 0 Å². The summed E-state index contributed by atoms with van der Waals surface area (Å²) in [6.45, 7) is 5.52. The van der Waals surface area contributed by atoms with Gasteiger partial charge in [0.15, 0.2) is 6.10 Å². The molecule has 0 aromatic heterocycles. The topological polar surface area (TPSA) is 113 Å². The van der Waals surface area contributed by atoms with E-state index in [1.54, 1.807) is 6.92 Å². The lowest BCUT2D eigenvalue weighted by atomic mass is 10.0. The molecule has 10 heteroatoms. The standard InChI is InChI=1S/C47H88NO8P/c1-4-7-9-11-13-15-17-19-21-23-25-27-29-31-33-35-37-39-46(49)53-43-45(44-55-57(51,52)54-42-41-48-6-3)56-47(50)40-38-36-34-32-30-28-26-24-22-20-18-16-14-12-10-8-5-2/h24,26,45H,4-5,7-23,25,27-44H2,1-3H3/p+1/b26-24+. The SMILES string of the molecule is CC#[N+]CCOP(=O)(O)OCC(COC(=O)CCCCCCCCCCCCCCCCCCC)OC(=O)CCCCCCC/C=C/CCCCCCCCCC. The summed E-state index contributed by atoms with van der Waals surface area (Å²) in [5, 5.41) is 0. The van der Waals surface area contributed by atoms with Crippen molar-refractivity contribution in [1.29, 1.82) is 0 Å². The largest absolute Gasteiger partial charge is 0.472 e. The van der Waals surface area contributed by atoms with Crippen molar-refractivity contribution in [3.05, 3.63) is 17.0 Å². The van der Waals surface area contributed by atoms with E-state index in [9.17, 15) is 19.0 Å². The third-order valence-electron chi connectivity index (χ3n) is 10.4. The quantitative estimate of drug-likeness (QED) is 0.0280. The highest BCUT2D eigenvalue weighted by molar-refractivity contribution is 7.47. The van der Waals surface area contributed by atoms with Gasteiger partial charge in [-0.1, -0.05) is 198 Å². The van der Waals surface area contributed by atoms with Crippen LogP contribution in [0.4, 0.5) is 0 Å². The first-order chi connectivity index (χ1) is 27.8. The Kier molecular flexibility index (Phi) is 42.5. The number of nitrogens with zero attached hydrogens (tertiary/aromatic N) is 1. The molecule has 0 saturated carbocycles. The molecule has 1 N–H and O–H groups in total. The molecule has 2 atom stereocenters. The van der Waals surface area contributed by atoms with Gasteiger partial charge in [-0.25, -0.2) is 4.57 Å². The average Bonchev–Trinajstić information content (AvgIpc) is 3.20. The molecule has 0 fully saturated rings. The monoisotopic (exact) mass is 827 g/mol. The fourth-order valence-electron chi connectivity index (χ4n) is 6.84. The van der Waals surface area contributed by atoms with Crippen molar-refractivity contribution in [2.75, 3.05) is 26.4 Å². The van der Waals surface area contributed by atoms with Crippen molar-refractivity contribution in [3.8, 4) is 6.07 Å². The minimum atomic E-state index is -4.41. The Morgan fingerprint density at radius 2 is 0.947 bits per heavy atom. The molecule has 0 aromatic rings. The number of ether oxygens (including phenoxy) is 2. The highest BCUT2D eigenvalue weighted by atomic mass is 31.2. The van der Waals surface area contributed by atoms with Gasteiger partial charge in [-0.15, -0.1) is 0 Å².